The lowest BCUT2D eigenvalue weighted by Gasteiger charge is -2.10. The summed E-state index contributed by atoms with van der Waals surface area (Å²) in [5, 5.41) is 5.04. The Hall–Kier alpha value is -1.09. The van der Waals surface area contributed by atoms with Crippen molar-refractivity contribution < 1.29 is 4.74 Å². The van der Waals surface area contributed by atoms with Crippen LogP contribution < -0.4 is 10.1 Å². The monoisotopic (exact) mass is 329 g/mol. The van der Waals surface area contributed by atoms with Crippen LogP contribution in [0.4, 0.5) is 5.69 Å². The topological polar surface area (TPSA) is 21.3 Å². The summed E-state index contributed by atoms with van der Waals surface area (Å²) in [6.07, 6.45) is 0. The Bertz CT molecular complexity index is 548. The summed E-state index contributed by atoms with van der Waals surface area (Å²) in [7, 11) is 0. The van der Waals surface area contributed by atoms with Gasteiger partial charge >= 0.3 is 0 Å². The number of hydrogen-bond donors (Lipinski definition) is 1. The third kappa shape index (κ3) is 4.20. The number of aryl methyl sites for hydroxylation is 1. The van der Waals surface area contributed by atoms with E-state index in [2.05, 4.69) is 5.32 Å². The zero-order valence-corrected chi connectivity index (χ0v) is 13.2. The van der Waals surface area contributed by atoms with Crippen LogP contribution in [0.3, 0.4) is 0 Å². The van der Waals surface area contributed by atoms with Gasteiger partial charge in [0.05, 0.1) is 10.0 Å². The van der Waals surface area contributed by atoms with E-state index in [1.54, 1.807) is 12.1 Å². The number of halogens is 3. The smallest absolute Gasteiger partial charge is 0.119 e. The minimum atomic E-state index is 0.533. The van der Waals surface area contributed by atoms with Crippen molar-refractivity contribution in [3.63, 3.8) is 0 Å². The van der Waals surface area contributed by atoms with E-state index in [0.717, 1.165) is 22.0 Å². The molecule has 0 aliphatic heterocycles. The largest absolute Gasteiger partial charge is 0.492 e. The van der Waals surface area contributed by atoms with Gasteiger partial charge in [0.15, 0.2) is 0 Å². The van der Waals surface area contributed by atoms with Gasteiger partial charge in [-0.05, 0) is 48.9 Å². The van der Waals surface area contributed by atoms with Crippen LogP contribution in [-0.2, 0) is 0 Å². The maximum absolute atomic E-state index is 5.96. The molecule has 20 heavy (non-hydrogen) atoms. The van der Waals surface area contributed by atoms with Gasteiger partial charge in [0, 0.05) is 17.3 Å². The molecule has 2 rings (SSSR count). The molecule has 0 heterocycles. The van der Waals surface area contributed by atoms with Crippen LogP contribution in [0.1, 0.15) is 5.56 Å². The molecular weight excluding hydrogens is 317 g/mol. The molecule has 2 nitrogen and oxygen atoms in total. The molecule has 0 bridgehead atoms. The molecule has 2 aromatic rings. The summed E-state index contributed by atoms with van der Waals surface area (Å²) in [6.45, 7) is 3.16. The fourth-order valence-corrected chi connectivity index (χ4v) is 2.09. The number of hydrogen-bond acceptors (Lipinski definition) is 2. The summed E-state index contributed by atoms with van der Waals surface area (Å²) < 4.78 is 5.64. The third-order valence-electron chi connectivity index (χ3n) is 2.75. The molecule has 0 unspecified atom stereocenters. The molecule has 0 fully saturated rings. The second-order valence-electron chi connectivity index (χ2n) is 4.32. The molecule has 0 saturated carbocycles. The highest BCUT2D eigenvalue weighted by Gasteiger charge is 2.00. The van der Waals surface area contributed by atoms with Crippen molar-refractivity contribution in [2.24, 2.45) is 0 Å². The lowest BCUT2D eigenvalue weighted by molar-refractivity contribution is 0.332. The molecule has 0 aliphatic rings. The van der Waals surface area contributed by atoms with Gasteiger partial charge in [-0.15, -0.1) is 0 Å². The van der Waals surface area contributed by atoms with Crippen molar-refractivity contribution in [1.82, 2.24) is 0 Å². The summed E-state index contributed by atoms with van der Waals surface area (Å²) in [6, 6.07) is 11.0. The Morgan fingerprint density at radius 1 is 0.950 bits per heavy atom. The van der Waals surface area contributed by atoms with Gasteiger partial charge in [-0.1, -0.05) is 34.8 Å². The van der Waals surface area contributed by atoms with Crippen molar-refractivity contribution in [3.8, 4) is 5.75 Å². The molecule has 0 aromatic heterocycles. The summed E-state index contributed by atoms with van der Waals surface area (Å²) in [5.41, 5.74) is 1.91. The minimum absolute atomic E-state index is 0.533. The SMILES string of the molecule is Cc1cc(OCCNc2ccc(Cl)c(Cl)c2)ccc1Cl. The van der Waals surface area contributed by atoms with E-state index in [9.17, 15) is 0 Å². The predicted octanol–water partition coefficient (Wildman–Crippen LogP) is 5.45. The van der Waals surface area contributed by atoms with Gasteiger partial charge in [-0.25, -0.2) is 0 Å². The van der Waals surface area contributed by atoms with Gasteiger partial charge in [0.25, 0.3) is 0 Å². The van der Waals surface area contributed by atoms with Gasteiger partial charge in [-0.3, -0.25) is 0 Å². The van der Waals surface area contributed by atoms with E-state index in [1.165, 1.54) is 0 Å². The van der Waals surface area contributed by atoms with Crippen LogP contribution in [0.15, 0.2) is 36.4 Å². The van der Waals surface area contributed by atoms with Gasteiger partial charge in [0.2, 0.25) is 0 Å². The van der Waals surface area contributed by atoms with Crippen molar-refractivity contribution in [3.05, 3.63) is 57.0 Å². The molecule has 1 N–H and O–H groups in total. The lowest BCUT2D eigenvalue weighted by Crippen LogP contribution is -2.11. The maximum Gasteiger partial charge on any atom is 0.119 e. The number of nitrogens with one attached hydrogen (secondary N) is 1. The van der Waals surface area contributed by atoms with E-state index >= 15 is 0 Å². The molecule has 5 heteroatoms. The first-order chi connectivity index (χ1) is 9.56. The average Bonchev–Trinajstić information content (AvgIpc) is 2.42. The Labute approximate surface area is 133 Å². The number of anilines is 1. The fraction of sp³-hybridized carbons (Fsp3) is 0.200. The van der Waals surface area contributed by atoms with Gasteiger partial charge in [0.1, 0.15) is 12.4 Å². The van der Waals surface area contributed by atoms with E-state index in [0.29, 0.717) is 23.2 Å². The zero-order chi connectivity index (χ0) is 14.5. The van der Waals surface area contributed by atoms with Crippen LogP contribution in [-0.4, -0.2) is 13.2 Å². The first-order valence-corrected chi connectivity index (χ1v) is 7.27. The van der Waals surface area contributed by atoms with Crippen LogP contribution in [0.25, 0.3) is 0 Å². The number of rotatable bonds is 5. The molecule has 0 atom stereocenters. The first kappa shape index (κ1) is 15.3. The first-order valence-electron chi connectivity index (χ1n) is 6.14. The van der Waals surface area contributed by atoms with Gasteiger partial charge < -0.3 is 10.1 Å². The second kappa shape index (κ2) is 7.07. The summed E-state index contributed by atoms with van der Waals surface area (Å²) >= 11 is 17.8. The quantitative estimate of drug-likeness (QED) is 0.736. The molecule has 0 aliphatic carbocycles. The third-order valence-corrected chi connectivity index (χ3v) is 3.91. The highest BCUT2D eigenvalue weighted by molar-refractivity contribution is 6.42. The van der Waals surface area contributed by atoms with Crippen LogP contribution in [0.2, 0.25) is 15.1 Å². The van der Waals surface area contributed by atoms with Gasteiger partial charge in [-0.2, -0.15) is 0 Å². The Balaban J connectivity index is 1.81. The van der Waals surface area contributed by atoms with Crippen LogP contribution in [0, 0.1) is 6.92 Å². The van der Waals surface area contributed by atoms with E-state index in [1.807, 2.05) is 31.2 Å². The highest BCUT2D eigenvalue weighted by Crippen LogP contribution is 2.25. The highest BCUT2D eigenvalue weighted by atomic mass is 35.5. The second-order valence-corrected chi connectivity index (χ2v) is 5.54. The molecule has 2 aromatic carbocycles. The average molecular weight is 331 g/mol. The summed E-state index contributed by atoms with van der Waals surface area (Å²) in [4.78, 5) is 0. The Kier molecular flexibility index (Phi) is 5.41. The minimum Gasteiger partial charge on any atom is -0.492 e. The molecule has 0 spiro atoms. The fourth-order valence-electron chi connectivity index (χ4n) is 1.68. The number of benzene rings is 2. The van der Waals surface area contributed by atoms with Crippen LogP contribution >= 0.6 is 34.8 Å². The van der Waals surface area contributed by atoms with Crippen LogP contribution in [0.5, 0.6) is 5.75 Å². The van der Waals surface area contributed by atoms with Crippen molar-refractivity contribution >= 4 is 40.5 Å². The normalized spacial score (nSPS) is 10.4. The van der Waals surface area contributed by atoms with Crippen molar-refractivity contribution in [1.29, 1.82) is 0 Å². The van der Waals surface area contributed by atoms with E-state index < -0.39 is 0 Å². The predicted molar refractivity (Wildman–Crippen MR) is 86.6 cm³/mol. The van der Waals surface area contributed by atoms with Crippen molar-refractivity contribution in [2.45, 2.75) is 6.92 Å². The van der Waals surface area contributed by atoms with E-state index in [4.69, 9.17) is 39.5 Å². The summed E-state index contributed by atoms with van der Waals surface area (Å²) in [5.74, 6) is 0.808. The zero-order valence-electron chi connectivity index (χ0n) is 10.9. The van der Waals surface area contributed by atoms with Crippen molar-refractivity contribution in [2.75, 3.05) is 18.5 Å². The molecule has 0 radical (unpaired) electrons. The maximum atomic E-state index is 5.96. The standard InChI is InChI=1S/C15H14Cl3NO/c1-10-8-12(3-5-13(10)16)20-7-6-19-11-2-4-14(17)15(18)9-11/h2-5,8-9,19H,6-7H2,1H3. The Morgan fingerprint density at radius 2 is 1.70 bits per heavy atom. The molecule has 0 amide bonds. The molecular formula is C15H14Cl3NO. The van der Waals surface area contributed by atoms with E-state index in [-0.39, 0.29) is 0 Å². The molecule has 0 saturated heterocycles. The lowest BCUT2D eigenvalue weighted by atomic mass is 10.2. The Morgan fingerprint density at radius 3 is 2.40 bits per heavy atom. The molecule has 106 valence electrons. The number of ether oxygens (including phenoxy) is 1.